The van der Waals surface area contributed by atoms with Gasteiger partial charge in [0, 0.05) is 15.4 Å². The molecule has 3 rings (SSSR count). The maximum atomic E-state index is 6.14. The predicted molar refractivity (Wildman–Crippen MR) is 92.7 cm³/mol. The molecule has 0 aliphatic carbocycles. The topological polar surface area (TPSA) is 9.23 Å². The molecule has 0 radical (unpaired) electrons. The molecule has 0 saturated carbocycles. The van der Waals surface area contributed by atoms with Crippen molar-refractivity contribution < 1.29 is 4.74 Å². The lowest BCUT2D eigenvalue weighted by molar-refractivity contribution is 0.483. The van der Waals surface area contributed by atoms with E-state index in [0.717, 1.165) is 26.6 Å². The highest BCUT2D eigenvalue weighted by molar-refractivity contribution is 9.10. The highest BCUT2D eigenvalue weighted by atomic mass is 79.9. The molecule has 0 bridgehead atoms. The quantitative estimate of drug-likeness (QED) is 0.454. The van der Waals surface area contributed by atoms with Crippen LogP contribution in [0.1, 0.15) is 5.56 Å². The van der Waals surface area contributed by atoms with Gasteiger partial charge in [-0.1, -0.05) is 45.7 Å². The molecular formula is C17H11BrCl2O. The zero-order chi connectivity index (χ0) is 14.8. The molecule has 0 unspecified atom stereocenters. The molecule has 0 atom stereocenters. The molecule has 0 spiro atoms. The molecule has 0 aromatic heterocycles. The van der Waals surface area contributed by atoms with Crippen molar-refractivity contribution >= 4 is 49.9 Å². The molecule has 106 valence electrons. The van der Waals surface area contributed by atoms with E-state index in [-0.39, 0.29) is 0 Å². The third kappa shape index (κ3) is 3.34. The van der Waals surface area contributed by atoms with Gasteiger partial charge < -0.3 is 4.74 Å². The van der Waals surface area contributed by atoms with E-state index in [1.165, 1.54) is 0 Å². The predicted octanol–water partition coefficient (Wildman–Crippen LogP) is 6.79. The van der Waals surface area contributed by atoms with E-state index in [2.05, 4.69) is 28.1 Å². The third-order valence-electron chi connectivity index (χ3n) is 3.18. The number of ether oxygens (including phenoxy) is 1. The van der Waals surface area contributed by atoms with Crippen molar-refractivity contribution in [1.29, 1.82) is 0 Å². The number of hydrogen-bond donors (Lipinski definition) is 0. The second-order valence-corrected chi connectivity index (χ2v) is 6.23. The van der Waals surface area contributed by atoms with Gasteiger partial charge in [-0.2, -0.15) is 0 Å². The van der Waals surface area contributed by atoms with Crippen molar-refractivity contribution in [2.24, 2.45) is 0 Å². The van der Waals surface area contributed by atoms with Crippen LogP contribution in [0.15, 0.2) is 59.1 Å². The first-order valence-corrected chi connectivity index (χ1v) is 8.08. The maximum Gasteiger partial charge on any atom is 0.128 e. The average Bonchev–Trinajstić information content (AvgIpc) is 2.48. The highest BCUT2D eigenvalue weighted by Gasteiger charge is 2.04. The van der Waals surface area contributed by atoms with E-state index in [1.54, 1.807) is 6.07 Å². The molecule has 0 fully saturated rings. The maximum absolute atomic E-state index is 6.14. The largest absolute Gasteiger partial charge is 0.457 e. The van der Waals surface area contributed by atoms with Crippen LogP contribution >= 0.6 is 39.1 Å². The van der Waals surface area contributed by atoms with Crippen LogP contribution < -0.4 is 4.74 Å². The first-order valence-electron chi connectivity index (χ1n) is 6.37. The normalized spacial score (nSPS) is 10.8. The molecule has 0 amide bonds. The second-order valence-electron chi connectivity index (χ2n) is 4.64. The molecule has 3 aromatic rings. The van der Waals surface area contributed by atoms with Crippen molar-refractivity contribution in [3.05, 3.63) is 69.7 Å². The molecule has 0 aliphatic rings. The molecule has 0 heterocycles. The Hall–Kier alpha value is -1.22. The van der Waals surface area contributed by atoms with Gasteiger partial charge in [0.2, 0.25) is 0 Å². The van der Waals surface area contributed by atoms with E-state index >= 15 is 0 Å². The Bertz CT molecular complexity index is 802. The molecule has 1 nitrogen and oxygen atoms in total. The van der Waals surface area contributed by atoms with Crippen LogP contribution in [-0.4, -0.2) is 0 Å². The minimum Gasteiger partial charge on any atom is -0.457 e. The van der Waals surface area contributed by atoms with E-state index in [1.807, 2.05) is 36.4 Å². The number of rotatable bonds is 3. The fraction of sp³-hybridized carbons (Fsp3) is 0.0588. The van der Waals surface area contributed by atoms with Crippen molar-refractivity contribution in [3.63, 3.8) is 0 Å². The Kier molecular flexibility index (Phi) is 4.39. The summed E-state index contributed by atoms with van der Waals surface area (Å²) in [5.41, 5.74) is 0.897. The lowest BCUT2D eigenvalue weighted by atomic mass is 10.1. The number of halogens is 3. The SMILES string of the molecule is ClCc1ccc(Oc2ccc3cc(Br)ccc3c2)cc1Cl. The van der Waals surface area contributed by atoms with Gasteiger partial charge in [-0.25, -0.2) is 0 Å². The fourth-order valence-corrected chi connectivity index (χ4v) is 3.01. The first kappa shape index (κ1) is 14.7. The standard InChI is InChI=1S/C17H11BrCl2O/c18-14-4-1-12-8-15(5-2-11(12)7-14)21-16-6-3-13(10-19)17(20)9-16/h1-9H,10H2. The van der Waals surface area contributed by atoms with E-state index in [4.69, 9.17) is 27.9 Å². The van der Waals surface area contributed by atoms with Crippen molar-refractivity contribution in [1.82, 2.24) is 0 Å². The van der Waals surface area contributed by atoms with Crippen LogP contribution in [0.5, 0.6) is 11.5 Å². The van der Waals surface area contributed by atoms with Crippen molar-refractivity contribution in [3.8, 4) is 11.5 Å². The van der Waals surface area contributed by atoms with E-state index < -0.39 is 0 Å². The Balaban J connectivity index is 1.91. The number of benzene rings is 3. The molecule has 21 heavy (non-hydrogen) atoms. The summed E-state index contributed by atoms with van der Waals surface area (Å²) in [6, 6.07) is 17.6. The highest BCUT2D eigenvalue weighted by Crippen LogP contribution is 2.30. The van der Waals surface area contributed by atoms with E-state index in [0.29, 0.717) is 16.7 Å². The summed E-state index contributed by atoms with van der Waals surface area (Å²) in [6.45, 7) is 0. The minimum atomic E-state index is 0.393. The molecule has 0 N–H and O–H groups in total. The van der Waals surface area contributed by atoms with Crippen LogP contribution in [-0.2, 0) is 5.88 Å². The average molecular weight is 382 g/mol. The Labute approximate surface area is 141 Å². The Morgan fingerprint density at radius 2 is 1.52 bits per heavy atom. The summed E-state index contributed by atoms with van der Waals surface area (Å²) in [6.07, 6.45) is 0. The van der Waals surface area contributed by atoms with Crippen LogP contribution in [0.4, 0.5) is 0 Å². The summed E-state index contributed by atoms with van der Waals surface area (Å²) >= 11 is 15.4. The van der Waals surface area contributed by atoms with Gasteiger partial charge >= 0.3 is 0 Å². The van der Waals surface area contributed by atoms with Crippen molar-refractivity contribution in [2.45, 2.75) is 5.88 Å². The number of alkyl halides is 1. The van der Waals surface area contributed by atoms with Gasteiger partial charge in [0.25, 0.3) is 0 Å². The van der Waals surface area contributed by atoms with Crippen LogP contribution in [0.2, 0.25) is 5.02 Å². The Morgan fingerprint density at radius 1 is 0.857 bits per heavy atom. The number of hydrogen-bond acceptors (Lipinski definition) is 1. The fourth-order valence-electron chi connectivity index (χ4n) is 2.09. The second kappa shape index (κ2) is 6.27. The van der Waals surface area contributed by atoms with Crippen LogP contribution in [0.3, 0.4) is 0 Å². The summed E-state index contributed by atoms with van der Waals surface area (Å²) in [5.74, 6) is 1.87. The summed E-state index contributed by atoms with van der Waals surface area (Å²) in [4.78, 5) is 0. The molecule has 0 aliphatic heterocycles. The third-order valence-corrected chi connectivity index (χ3v) is 4.31. The van der Waals surface area contributed by atoms with Gasteiger partial charge in [-0.05, 0) is 52.7 Å². The molecular weight excluding hydrogens is 371 g/mol. The van der Waals surface area contributed by atoms with Gasteiger partial charge in [-0.3, -0.25) is 0 Å². The van der Waals surface area contributed by atoms with Gasteiger partial charge in [0.15, 0.2) is 0 Å². The molecule has 4 heteroatoms. The smallest absolute Gasteiger partial charge is 0.128 e. The molecule has 3 aromatic carbocycles. The Morgan fingerprint density at radius 3 is 2.29 bits per heavy atom. The summed E-state index contributed by atoms with van der Waals surface area (Å²) in [7, 11) is 0. The van der Waals surface area contributed by atoms with Gasteiger partial charge in [0.1, 0.15) is 11.5 Å². The lowest BCUT2D eigenvalue weighted by Crippen LogP contribution is -1.87. The summed E-state index contributed by atoms with van der Waals surface area (Å²) in [5, 5.41) is 2.90. The zero-order valence-electron chi connectivity index (χ0n) is 10.9. The molecule has 0 saturated heterocycles. The van der Waals surface area contributed by atoms with Gasteiger partial charge in [0.05, 0.1) is 0 Å². The van der Waals surface area contributed by atoms with Crippen LogP contribution in [0, 0.1) is 0 Å². The number of fused-ring (bicyclic) bond motifs is 1. The zero-order valence-corrected chi connectivity index (χ0v) is 14.0. The first-order chi connectivity index (χ1) is 10.2. The van der Waals surface area contributed by atoms with E-state index in [9.17, 15) is 0 Å². The summed E-state index contributed by atoms with van der Waals surface area (Å²) < 4.78 is 6.92. The van der Waals surface area contributed by atoms with Crippen molar-refractivity contribution in [2.75, 3.05) is 0 Å². The van der Waals surface area contributed by atoms with Crippen LogP contribution in [0.25, 0.3) is 10.8 Å². The minimum absolute atomic E-state index is 0.393. The lowest BCUT2D eigenvalue weighted by Gasteiger charge is -2.09. The van der Waals surface area contributed by atoms with Gasteiger partial charge in [-0.15, -0.1) is 11.6 Å². The monoisotopic (exact) mass is 380 g/mol.